The third kappa shape index (κ3) is 1.62. The fourth-order valence-corrected chi connectivity index (χ4v) is 1.32. The van der Waals surface area contributed by atoms with Gasteiger partial charge in [0, 0.05) is 18.5 Å². The summed E-state index contributed by atoms with van der Waals surface area (Å²) in [7, 11) is 0. The van der Waals surface area contributed by atoms with E-state index in [2.05, 4.69) is 4.98 Å². The van der Waals surface area contributed by atoms with Gasteiger partial charge in [-0.2, -0.15) is 5.26 Å². The highest BCUT2D eigenvalue weighted by Crippen LogP contribution is 2.15. The van der Waals surface area contributed by atoms with E-state index < -0.39 is 4.92 Å². The molecule has 6 heteroatoms. The van der Waals surface area contributed by atoms with Crippen LogP contribution in [-0.4, -0.2) is 14.5 Å². The van der Waals surface area contributed by atoms with Gasteiger partial charge in [-0.25, -0.2) is 4.98 Å². The molecule has 78 valence electrons. The Labute approximate surface area is 90.5 Å². The minimum atomic E-state index is -0.499. The highest BCUT2D eigenvalue weighted by atomic mass is 16.6. The van der Waals surface area contributed by atoms with Crippen LogP contribution in [0.15, 0.2) is 36.7 Å². The second-order valence-corrected chi connectivity index (χ2v) is 3.00. The fraction of sp³-hybridized carbons (Fsp3) is 0. The van der Waals surface area contributed by atoms with Gasteiger partial charge in [0.15, 0.2) is 0 Å². The van der Waals surface area contributed by atoms with E-state index in [4.69, 9.17) is 5.26 Å². The molecular weight excluding hydrogens is 208 g/mol. The van der Waals surface area contributed by atoms with Crippen LogP contribution in [0.4, 0.5) is 5.69 Å². The molecule has 0 N–H and O–H groups in total. The molecule has 0 unspecified atom stereocenters. The van der Waals surface area contributed by atoms with Gasteiger partial charge in [0.2, 0.25) is 0 Å². The summed E-state index contributed by atoms with van der Waals surface area (Å²) in [6.45, 7) is 0. The zero-order valence-electron chi connectivity index (χ0n) is 8.07. The summed E-state index contributed by atoms with van der Waals surface area (Å²) in [6, 6.07) is 7.89. The van der Waals surface area contributed by atoms with E-state index in [0.717, 1.165) is 0 Å². The van der Waals surface area contributed by atoms with Gasteiger partial charge in [-0.05, 0) is 12.1 Å². The zero-order chi connectivity index (χ0) is 11.5. The van der Waals surface area contributed by atoms with E-state index >= 15 is 0 Å². The number of pyridine rings is 1. The Morgan fingerprint density at radius 3 is 3.00 bits per heavy atom. The van der Waals surface area contributed by atoms with Crippen molar-refractivity contribution in [3.63, 3.8) is 0 Å². The Morgan fingerprint density at radius 2 is 2.31 bits per heavy atom. The van der Waals surface area contributed by atoms with Crippen molar-refractivity contribution in [2.24, 2.45) is 0 Å². The molecule has 16 heavy (non-hydrogen) atoms. The minimum Gasteiger partial charge on any atom is -0.292 e. The average molecular weight is 214 g/mol. The largest absolute Gasteiger partial charge is 0.292 e. The van der Waals surface area contributed by atoms with Gasteiger partial charge in [0.05, 0.1) is 11.0 Å². The SMILES string of the molecule is N#Cc1cccn1-c1cc([N+](=O)[O-])ccn1. The molecule has 6 nitrogen and oxygen atoms in total. The predicted octanol–water partition coefficient (Wildman–Crippen LogP) is 1.65. The minimum absolute atomic E-state index is 0.0532. The number of rotatable bonds is 2. The molecule has 2 aromatic rings. The lowest BCUT2D eigenvalue weighted by atomic mass is 10.4. The second kappa shape index (κ2) is 3.82. The molecule has 2 aromatic heterocycles. The maximum Gasteiger partial charge on any atom is 0.274 e. The number of hydrogen-bond donors (Lipinski definition) is 0. The maximum atomic E-state index is 10.6. The van der Waals surface area contributed by atoms with Gasteiger partial charge in [-0.15, -0.1) is 0 Å². The van der Waals surface area contributed by atoms with Crippen molar-refractivity contribution in [2.45, 2.75) is 0 Å². The van der Waals surface area contributed by atoms with Crippen molar-refractivity contribution >= 4 is 5.69 Å². The summed E-state index contributed by atoms with van der Waals surface area (Å²) < 4.78 is 1.49. The van der Waals surface area contributed by atoms with Crippen LogP contribution in [0.5, 0.6) is 0 Å². The van der Waals surface area contributed by atoms with Crippen molar-refractivity contribution in [1.82, 2.24) is 9.55 Å². The van der Waals surface area contributed by atoms with Crippen LogP contribution in [0.2, 0.25) is 0 Å². The van der Waals surface area contributed by atoms with Gasteiger partial charge in [-0.1, -0.05) is 0 Å². The monoisotopic (exact) mass is 214 g/mol. The normalized spacial score (nSPS) is 9.69. The average Bonchev–Trinajstić information content (AvgIpc) is 2.77. The van der Waals surface area contributed by atoms with Crippen LogP contribution < -0.4 is 0 Å². The lowest BCUT2D eigenvalue weighted by molar-refractivity contribution is -0.384. The Hall–Kier alpha value is -2.68. The van der Waals surface area contributed by atoms with E-state index in [9.17, 15) is 10.1 Å². The summed E-state index contributed by atoms with van der Waals surface area (Å²) in [5, 5.41) is 19.4. The highest BCUT2D eigenvalue weighted by Gasteiger charge is 2.09. The number of nitro groups is 1. The molecule has 0 saturated carbocycles. The molecule has 0 saturated heterocycles. The van der Waals surface area contributed by atoms with Crippen molar-refractivity contribution in [2.75, 3.05) is 0 Å². The van der Waals surface area contributed by atoms with E-state index in [-0.39, 0.29) is 5.69 Å². The molecule has 0 aliphatic heterocycles. The van der Waals surface area contributed by atoms with E-state index in [0.29, 0.717) is 11.5 Å². The molecular formula is C10H6N4O2. The zero-order valence-corrected chi connectivity index (χ0v) is 8.07. The summed E-state index contributed by atoms with van der Waals surface area (Å²) in [6.07, 6.45) is 2.97. The Morgan fingerprint density at radius 1 is 1.50 bits per heavy atom. The van der Waals surface area contributed by atoms with Crippen molar-refractivity contribution in [3.05, 3.63) is 52.5 Å². The predicted molar refractivity (Wildman–Crippen MR) is 54.9 cm³/mol. The number of nitrogens with zero attached hydrogens (tertiary/aromatic N) is 4. The van der Waals surface area contributed by atoms with E-state index in [1.54, 1.807) is 18.3 Å². The first kappa shape index (κ1) is 9.86. The fourth-order valence-electron chi connectivity index (χ4n) is 1.32. The Bertz CT molecular complexity index is 583. The Kier molecular flexibility index (Phi) is 2.36. The van der Waals surface area contributed by atoms with Crippen LogP contribution in [0.3, 0.4) is 0 Å². The molecule has 0 aromatic carbocycles. The van der Waals surface area contributed by atoms with Crippen molar-refractivity contribution < 1.29 is 4.92 Å². The quantitative estimate of drug-likeness (QED) is 0.562. The first-order chi connectivity index (χ1) is 7.72. The molecule has 0 radical (unpaired) electrons. The van der Waals surface area contributed by atoms with Gasteiger partial charge >= 0.3 is 0 Å². The summed E-state index contributed by atoms with van der Waals surface area (Å²) in [5.41, 5.74) is 0.329. The number of nitriles is 1. The molecule has 0 spiro atoms. The van der Waals surface area contributed by atoms with Crippen molar-refractivity contribution in [3.8, 4) is 11.9 Å². The van der Waals surface area contributed by atoms with Gasteiger partial charge in [-0.3, -0.25) is 14.7 Å². The van der Waals surface area contributed by atoms with E-state index in [1.165, 1.54) is 22.9 Å². The topological polar surface area (TPSA) is 84.8 Å². The third-order valence-corrected chi connectivity index (χ3v) is 2.05. The molecule has 0 bridgehead atoms. The summed E-state index contributed by atoms with van der Waals surface area (Å²) >= 11 is 0. The number of aromatic nitrogens is 2. The van der Waals surface area contributed by atoms with Crippen LogP contribution >= 0.6 is 0 Å². The molecule has 0 atom stereocenters. The molecule has 0 aliphatic carbocycles. The highest BCUT2D eigenvalue weighted by molar-refractivity contribution is 5.40. The van der Waals surface area contributed by atoms with Gasteiger partial charge in [0.25, 0.3) is 5.69 Å². The third-order valence-electron chi connectivity index (χ3n) is 2.05. The molecule has 0 fully saturated rings. The first-order valence-electron chi connectivity index (χ1n) is 4.40. The summed E-state index contributed by atoms with van der Waals surface area (Å²) in [5.74, 6) is 0.357. The van der Waals surface area contributed by atoms with E-state index in [1.807, 2.05) is 6.07 Å². The van der Waals surface area contributed by atoms with Gasteiger partial charge in [0.1, 0.15) is 17.6 Å². The smallest absolute Gasteiger partial charge is 0.274 e. The standard InChI is InChI=1S/C10H6N4O2/c11-7-9-2-1-5-13(9)10-6-8(14(15)16)3-4-12-10/h1-6H. The summed E-state index contributed by atoms with van der Waals surface area (Å²) in [4.78, 5) is 14.1. The Balaban J connectivity index is 2.53. The number of hydrogen-bond acceptors (Lipinski definition) is 4. The van der Waals surface area contributed by atoms with Crippen LogP contribution in [0.25, 0.3) is 5.82 Å². The van der Waals surface area contributed by atoms with Crippen LogP contribution in [-0.2, 0) is 0 Å². The van der Waals surface area contributed by atoms with Crippen LogP contribution in [0.1, 0.15) is 5.69 Å². The first-order valence-corrected chi connectivity index (χ1v) is 4.40. The lowest BCUT2D eigenvalue weighted by Crippen LogP contribution is -1.99. The molecule has 0 aliphatic rings. The molecule has 2 rings (SSSR count). The molecule has 2 heterocycles. The maximum absolute atomic E-state index is 10.6. The second-order valence-electron chi connectivity index (χ2n) is 3.00. The van der Waals surface area contributed by atoms with Crippen LogP contribution in [0, 0.1) is 21.4 Å². The lowest BCUT2D eigenvalue weighted by Gasteiger charge is -2.02. The molecule has 0 amide bonds. The van der Waals surface area contributed by atoms with Crippen molar-refractivity contribution in [1.29, 1.82) is 5.26 Å². The van der Waals surface area contributed by atoms with Gasteiger partial charge < -0.3 is 0 Å².